The number of rotatable bonds is 4. The zero-order chi connectivity index (χ0) is 16.4. The van der Waals surface area contributed by atoms with Crippen molar-refractivity contribution in [1.82, 2.24) is 9.88 Å². The Balaban J connectivity index is 1.77. The van der Waals surface area contributed by atoms with Crippen LogP contribution in [0.3, 0.4) is 0 Å². The molecule has 0 fully saturated rings. The molecular weight excluding hydrogens is 288 g/mol. The van der Waals surface area contributed by atoms with Gasteiger partial charge in [0.1, 0.15) is 11.8 Å². The molecule has 1 aromatic heterocycles. The fourth-order valence-electron chi connectivity index (χ4n) is 3.03. The molecule has 118 valence electrons. The number of hydrogen-bond donors (Lipinski definition) is 2. The zero-order valence-corrected chi connectivity index (χ0v) is 13.4. The molecular formula is C18H20N4O. The van der Waals surface area contributed by atoms with Crippen molar-refractivity contribution >= 4 is 11.6 Å². The molecule has 0 saturated heterocycles. The van der Waals surface area contributed by atoms with Crippen LogP contribution in [0.4, 0.5) is 5.69 Å². The average molecular weight is 308 g/mol. The van der Waals surface area contributed by atoms with E-state index in [2.05, 4.69) is 35.1 Å². The fourth-order valence-corrected chi connectivity index (χ4v) is 3.03. The Hall–Kier alpha value is -2.58. The van der Waals surface area contributed by atoms with E-state index in [4.69, 9.17) is 5.26 Å². The van der Waals surface area contributed by atoms with Crippen molar-refractivity contribution < 1.29 is 4.79 Å². The number of benzene rings is 1. The summed E-state index contributed by atoms with van der Waals surface area (Å²) in [5.74, 6) is 0.396. The lowest BCUT2D eigenvalue weighted by Gasteiger charge is -2.17. The Morgan fingerprint density at radius 1 is 1.43 bits per heavy atom. The summed E-state index contributed by atoms with van der Waals surface area (Å²) in [7, 11) is 0. The number of fused-ring (bicyclic) bond motifs is 1. The lowest BCUT2D eigenvalue weighted by Crippen LogP contribution is -2.21. The van der Waals surface area contributed by atoms with Gasteiger partial charge in [0.25, 0.3) is 5.91 Å². The summed E-state index contributed by atoms with van der Waals surface area (Å²) in [6.07, 6.45) is 1.54. The molecule has 2 aromatic rings. The number of nitrogens with one attached hydrogen (secondary N) is 2. The van der Waals surface area contributed by atoms with Crippen molar-refractivity contribution in [3.05, 3.63) is 52.8 Å². The minimum Gasteiger partial charge on any atom is -0.356 e. The molecule has 1 aliphatic heterocycles. The van der Waals surface area contributed by atoms with Crippen LogP contribution >= 0.6 is 0 Å². The molecule has 5 nitrogen and oxygen atoms in total. The summed E-state index contributed by atoms with van der Waals surface area (Å²) in [4.78, 5) is 17.6. The molecule has 2 heterocycles. The van der Waals surface area contributed by atoms with Crippen LogP contribution in [-0.4, -0.2) is 22.3 Å². The second-order valence-electron chi connectivity index (χ2n) is 6.37. The molecule has 0 aliphatic carbocycles. The highest BCUT2D eigenvalue weighted by molar-refractivity contribution is 6.03. The maximum Gasteiger partial charge on any atom is 0.272 e. The number of carbonyl (C=O) groups excluding carboxylic acids is 1. The highest BCUT2D eigenvalue weighted by Crippen LogP contribution is 2.30. The van der Waals surface area contributed by atoms with E-state index < -0.39 is 0 Å². The Morgan fingerprint density at radius 3 is 2.96 bits per heavy atom. The molecule has 0 spiro atoms. The van der Waals surface area contributed by atoms with Crippen LogP contribution in [0.1, 0.15) is 41.0 Å². The molecule has 2 N–H and O–H groups in total. The smallest absolute Gasteiger partial charge is 0.272 e. The third kappa shape index (κ3) is 3.27. The molecule has 1 aliphatic rings. The summed E-state index contributed by atoms with van der Waals surface area (Å²) in [5, 5.41) is 11.8. The van der Waals surface area contributed by atoms with Gasteiger partial charge in [-0.3, -0.25) is 9.69 Å². The van der Waals surface area contributed by atoms with Gasteiger partial charge in [0.2, 0.25) is 0 Å². The number of aromatic amines is 1. The first-order chi connectivity index (χ1) is 11.1. The van der Waals surface area contributed by atoms with Gasteiger partial charge in [0, 0.05) is 31.5 Å². The number of nitrogens with zero attached hydrogens (tertiary/aromatic N) is 2. The van der Waals surface area contributed by atoms with Crippen molar-refractivity contribution in [1.29, 1.82) is 5.26 Å². The quantitative estimate of drug-likeness (QED) is 0.911. The van der Waals surface area contributed by atoms with Gasteiger partial charge < -0.3 is 10.3 Å². The largest absolute Gasteiger partial charge is 0.356 e. The average Bonchev–Trinajstić information content (AvgIpc) is 3.12. The molecule has 3 rings (SSSR count). The van der Waals surface area contributed by atoms with E-state index in [1.54, 1.807) is 6.07 Å². The second kappa shape index (κ2) is 6.27. The van der Waals surface area contributed by atoms with Crippen LogP contribution in [0, 0.1) is 17.2 Å². The number of nitriles is 1. The predicted octanol–water partition coefficient (Wildman–Crippen LogP) is 3.11. The Bertz CT molecular complexity index is 770. The van der Waals surface area contributed by atoms with E-state index in [1.165, 1.54) is 17.3 Å². The van der Waals surface area contributed by atoms with E-state index in [0.29, 0.717) is 17.2 Å². The lowest BCUT2D eigenvalue weighted by atomic mass is 10.1. The predicted molar refractivity (Wildman–Crippen MR) is 88.9 cm³/mol. The van der Waals surface area contributed by atoms with Gasteiger partial charge >= 0.3 is 0 Å². The van der Waals surface area contributed by atoms with Crippen LogP contribution in [0.15, 0.2) is 30.5 Å². The van der Waals surface area contributed by atoms with Crippen LogP contribution in [-0.2, 0) is 13.1 Å². The summed E-state index contributed by atoms with van der Waals surface area (Å²) in [6, 6.07) is 9.60. The molecule has 0 atom stereocenters. The van der Waals surface area contributed by atoms with E-state index >= 15 is 0 Å². The first-order valence-corrected chi connectivity index (χ1v) is 7.80. The van der Waals surface area contributed by atoms with Gasteiger partial charge in [0.15, 0.2) is 0 Å². The maximum absolute atomic E-state index is 12.3. The first-order valence-electron chi connectivity index (χ1n) is 7.80. The zero-order valence-electron chi connectivity index (χ0n) is 13.4. The van der Waals surface area contributed by atoms with Gasteiger partial charge in [-0.1, -0.05) is 26.0 Å². The van der Waals surface area contributed by atoms with Crippen LogP contribution in [0.25, 0.3) is 0 Å². The molecule has 0 saturated carbocycles. The van der Waals surface area contributed by atoms with Crippen molar-refractivity contribution in [2.75, 3.05) is 11.9 Å². The highest BCUT2D eigenvalue weighted by Gasteiger charge is 2.23. The highest BCUT2D eigenvalue weighted by atomic mass is 16.1. The SMILES string of the molecule is CC(C)CN1Cc2cccc(NC(=O)c3cc(C#N)c[nH]3)c2C1. The number of hydrogen-bond acceptors (Lipinski definition) is 3. The number of H-pyrrole nitrogens is 1. The Morgan fingerprint density at radius 2 is 2.26 bits per heavy atom. The number of anilines is 1. The normalized spacial score (nSPS) is 13.8. The molecule has 1 aromatic carbocycles. The van der Waals surface area contributed by atoms with Crippen molar-refractivity contribution in [2.45, 2.75) is 26.9 Å². The van der Waals surface area contributed by atoms with Crippen LogP contribution in [0.2, 0.25) is 0 Å². The van der Waals surface area contributed by atoms with Gasteiger partial charge in [-0.05, 0) is 29.2 Å². The van der Waals surface area contributed by atoms with Gasteiger partial charge in [-0.2, -0.15) is 5.26 Å². The van der Waals surface area contributed by atoms with Gasteiger partial charge in [0.05, 0.1) is 5.56 Å². The van der Waals surface area contributed by atoms with Crippen LogP contribution in [0.5, 0.6) is 0 Å². The fraction of sp³-hybridized carbons (Fsp3) is 0.333. The lowest BCUT2D eigenvalue weighted by molar-refractivity contribution is 0.102. The van der Waals surface area contributed by atoms with Crippen molar-refractivity contribution in [2.24, 2.45) is 5.92 Å². The van der Waals surface area contributed by atoms with Crippen molar-refractivity contribution in [3.8, 4) is 6.07 Å². The second-order valence-corrected chi connectivity index (χ2v) is 6.37. The molecule has 0 bridgehead atoms. The summed E-state index contributed by atoms with van der Waals surface area (Å²) in [6.45, 7) is 7.26. The summed E-state index contributed by atoms with van der Waals surface area (Å²) in [5.41, 5.74) is 4.17. The van der Waals surface area contributed by atoms with E-state index in [0.717, 1.165) is 25.3 Å². The van der Waals surface area contributed by atoms with Crippen molar-refractivity contribution in [3.63, 3.8) is 0 Å². The van der Waals surface area contributed by atoms with Crippen LogP contribution < -0.4 is 5.32 Å². The number of aromatic nitrogens is 1. The maximum atomic E-state index is 12.3. The topological polar surface area (TPSA) is 71.9 Å². The van der Waals surface area contributed by atoms with Gasteiger partial charge in [-0.25, -0.2) is 0 Å². The molecule has 0 unspecified atom stereocenters. The van der Waals surface area contributed by atoms with Gasteiger partial charge in [-0.15, -0.1) is 0 Å². The third-order valence-corrected chi connectivity index (χ3v) is 3.98. The molecule has 1 amide bonds. The minimum atomic E-state index is -0.220. The molecule has 23 heavy (non-hydrogen) atoms. The molecule has 0 radical (unpaired) electrons. The Kier molecular flexibility index (Phi) is 4.18. The third-order valence-electron chi connectivity index (χ3n) is 3.98. The van der Waals surface area contributed by atoms with E-state index in [-0.39, 0.29) is 5.91 Å². The number of amides is 1. The monoisotopic (exact) mass is 308 g/mol. The standard InChI is InChI=1S/C18H20N4O/c1-12(2)9-22-10-14-4-3-5-16(15(14)11-22)21-18(23)17-6-13(7-19)8-20-17/h3-6,8,12,20H,9-11H2,1-2H3,(H,21,23). The first kappa shape index (κ1) is 15.3. The minimum absolute atomic E-state index is 0.220. The Labute approximate surface area is 135 Å². The molecule has 5 heteroatoms. The summed E-state index contributed by atoms with van der Waals surface area (Å²) < 4.78 is 0. The number of carbonyl (C=O) groups is 1. The van der Waals surface area contributed by atoms with E-state index in [1.807, 2.05) is 18.2 Å². The summed E-state index contributed by atoms with van der Waals surface area (Å²) >= 11 is 0. The van der Waals surface area contributed by atoms with E-state index in [9.17, 15) is 4.79 Å².